The smallest absolute Gasteiger partial charge is 0.209 e. The molecule has 0 unspecified atom stereocenters. The number of thiophene rings is 1. The summed E-state index contributed by atoms with van der Waals surface area (Å²) in [4.78, 5) is 0.979. The molecule has 0 amide bonds. The van der Waals surface area contributed by atoms with Gasteiger partial charge < -0.3 is 0 Å². The van der Waals surface area contributed by atoms with E-state index in [-0.39, 0.29) is 0 Å². The lowest BCUT2D eigenvalue weighted by Crippen LogP contribution is -2.46. The molecule has 0 bridgehead atoms. The highest BCUT2D eigenvalue weighted by molar-refractivity contribution is 7.88. The van der Waals surface area contributed by atoms with E-state index in [1.807, 2.05) is 17.5 Å². The Balaban J connectivity index is 2.35. The summed E-state index contributed by atoms with van der Waals surface area (Å²) >= 11 is 6.78. The second-order valence-corrected chi connectivity index (χ2v) is 8.26. The Morgan fingerprint density at radius 1 is 1.55 bits per heavy atom. The third-order valence-electron chi connectivity index (χ3n) is 2.51. The minimum Gasteiger partial charge on any atom is -0.298 e. The molecule has 0 fully saturated rings. The average Bonchev–Trinajstić information content (AvgIpc) is 2.86. The maximum atomic E-state index is 11.4. The predicted octanol–water partition coefficient (Wildman–Crippen LogP) is 2.00. The zero-order valence-corrected chi connectivity index (χ0v) is 13.8. The molecule has 2 aromatic rings. The summed E-state index contributed by atoms with van der Waals surface area (Å²) in [6, 6.07) is 3.88. The van der Waals surface area contributed by atoms with E-state index in [0.717, 1.165) is 11.1 Å². The largest absolute Gasteiger partial charge is 0.298 e. The maximum Gasteiger partial charge on any atom is 0.209 e. The van der Waals surface area contributed by atoms with Gasteiger partial charge in [0.05, 0.1) is 11.1 Å². The Hall–Kier alpha value is -1.03. The maximum absolute atomic E-state index is 11.4. The first-order chi connectivity index (χ1) is 9.18. The Labute approximate surface area is 126 Å². The topological polar surface area (TPSA) is 79.8 Å². The first-order valence-electron chi connectivity index (χ1n) is 5.86. The van der Waals surface area contributed by atoms with Crippen molar-refractivity contribution in [1.82, 2.24) is 19.5 Å². The van der Waals surface area contributed by atoms with E-state index in [1.165, 1.54) is 0 Å². The van der Waals surface area contributed by atoms with Gasteiger partial charge in [0.2, 0.25) is 10.0 Å². The molecule has 0 radical (unpaired) electrons. The molecule has 9 heteroatoms. The Kier molecular flexibility index (Phi) is 4.14. The van der Waals surface area contributed by atoms with Crippen LogP contribution in [0, 0.1) is 4.77 Å². The summed E-state index contributed by atoms with van der Waals surface area (Å²) in [5.74, 6) is 0.716. The Bertz CT molecular complexity index is 741. The number of aromatic nitrogens is 3. The van der Waals surface area contributed by atoms with Crippen LogP contribution < -0.4 is 4.72 Å². The molecule has 0 spiro atoms. The van der Waals surface area contributed by atoms with Crippen molar-refractivity contribution >= 4 is 33.6 Å². The van der Waals surface area contributed by atoms with E-state index >= 15 is 0 Å². The lowest BCUT2D eigenvalue weighted by Gasteiger charge is -2.25. The average molecular weight is 332 g/mol. The van der Waals surface area contributed by atoms with Crippen LogP contribution in [0.2, 0.25) is 0 Å². The summed E-state index contributed by atoms with van der Waals surface area (Å²) in [6.07, 6.45) is 1.14. The molecule has 2 heterocycles. The number of aromatic amines is 1. The van der Waals surface area contributed by atoms with E-state index < -0.39 is 15.6 Å². The highest BCUT2D eigenvalue weighted by Gasteiger charge is 2.25. The van der Waals surface area contributed by atoms with Crippen LogP contribution in [0.25, 0.3) is 10.7 Å². The van der Waals surface area contributed by atoms with E-state index in [0.29, 0.717) is 17.1 Å². The Morgan fingerprint density at radius 2 is 2.25 bits per heavy atom. The lowest BCUT2D eigenvalue weighted by atomic mass is 10.1. The van der Waals surface area contributed by atoms with Crippen LogP contribution in [0.4, 0.5) is 0 Å². The number of nitrogens with one attached hydrogen (secondary N) is 2. The first-order valence-corrected chi connectivity index (χ1v) is 9.04. The van der Waals surface area contributed by atoms with Gasteiger partial charge >= 0.3 is 0 Å². The molecule has 0 aliphatic rings. The number of H-pyrrole nitrogens is 1. The van der Waals surface area contributed by atoms with Gasteiger partial charge in [-0.05, 0) is 37.5 Å². The van der Waals surface area contributed by atoms with Gasteiger partial charge in [-0.25, -0.2) is 13.1 Å². The zero-order chi connectivity index (χ0) is 15.0. The van der Waals surface area contributed by atoms with Crippen LogP contribution >= 0.6 is 23.6 Å². The van der Waals surface area contributed by atoms with Crippen molar-refractivity contribution in [3.05, 3.63) is 22.3 Å². The van der Waals surface area contributed by atoms with Gasteiger partial charge in [-0.1, -0.05) is 6.07 Å². The van der Waals surface area contributed by atoms with Gasteiger partial charge in [-0.2, -0.15) is 5.10 Å². The number of sulfonamides is 1. The number of rotatable bonds is 5. The summed E-state index contributed by atoms with van der Waals surface area (Å²) in [5.41, 5.74) is -0.665. The summed E-state index contributed by atoms with van der Waals surface area (Å²) < 4.78 is 27.7. The predicted molar refractivity (Wildman–Crippen MR) is 82.8 cm³/mol. The van der Waals surface area contributed by atoms with Crippen molar-refractivity contribution < 1.29 is 8.42 Å². The van der Waals surface area contributed by atoms with Crippen LogP contribution in [0.1, 0.15) is 13.8 Å². The lowest BCUT2D eigenvalue weighted by molar-refractivity contribution is 0.390. The van der Waals surface area contributed by atoms with Gasteiger partial charge in [-0.15, -0.1) is 11.3 Å². The second kappa shape index (κ2) is 5.40. The van der Waals surface area contributed by atoms with Crippen LogP contribution in [0.3, 0.4) is 0 Å². The highest BCUT2D eigenvalue weighted by Crippen LogP contribution is 2.24. The van der Waals surface area contributed by atoms with E-state index in [2.05, 4.69) is 14.9 Å². The van der Waals surface area contributed by atoms with Crippen molar-refractivity contribution in [3.63, 3.8) is 0 Å². The molecule has 0 aliphatic carbocycles. The fourth-order valence-corrected chi connectivity index (χ4v) is 3.97. The molecule has 0 aliphatic heterocycles. The molecular weight excluding hydrogens is 316 g/mol. The molecule has 0 saturated carbocycles. The second-order valence-electron chi connectivity index (χ2n) is 5.17. The summed E-state index contributed by atoms with van der Waals surface area (Å²) in [5, 5.41) is 8.93. The monoisotopic (exact) mass is 332 g/mol. The van der Waals surface area contributed by atoms with Crippen LogP contribution in [-0.4, -0.2) is 35.0 Å². The molecule has 0 saturated heterocycles. The van der Waals surface area contributed by atoms with E-state index in [1.54, 1.807) is 29.8 Å². The fraction of sp³-hybridized carbons (Fsp3) is 0.455. The molecule has 2 rings (SSSR count). The molecule has 2 aromatic heterocycles. The van der Waals surface area contributed by atoms with Crippen molar-refractivity contribution in [2.24, 2.45) is 0 Å². The molecule has 2 N–H and O–H groups in total. The highest BCUT2D eigenvalue weighted by atomic mass is 32.2. The van der Waals surface area contributed by atoms with Crippen molar-refractivity contribution in [1.29, 1.82) is 0 Å². The van der Waals surface area contributed by atoms with Gasteiger partial charge in [-0.3, -0.25) is 9.67 Å². The third kappa shape index (κ3) is 3.75. The minimum absolute atomic E-state index is 0.392. The van der Waals surface area contributed by atoms with Gasteiger partial charge in [0.1, 0.15) is 0 Å². The summed E-state index contributed by atoms with van der Waals surface area (Å²) in [7, 11) is -3.29. The standard InChI is InChI=1S/C11H16N4O2S3/c1-11(2,14-20(3,16)17)7-15-9(12-13-10(15)18)8-5-4-6-19-8/h4-6,14H,7H2,1-3H3,(H,13,18). The first kappa shape index (κ1) is 15.4. The van der Waals surface area contributed by atoms with Crippen molar-refractivity contribution in [2.45, 2.75) is 25.9 Å². The van der Waals surface area contributed by atoms with Gasteiger partial charge in [0.25, 0.3) is 0 Å². The normalized spacial score (nSPS) is 12.8. The van der Waals surface area contributed by atoms with Crippen molar-refractivity contribution in [2.75, 3.05) is 6.26 Å². The SMILES string of the molecule is CC(C)(Cn1c(-c2cccs2)n[nH]c1=S)NS(C)(=O)=O. The summed E-state index contributed by atoms with van der Waals surface area (Å²) in [6.45, 7) is 4.00. The van der Waals surface area contributed by atoms with E-state index in [9.17, 15) is 8.42 Å². The molecular formula is C11H16N4O2S3. The zero-order valence-electron chi connectivity index (χ0n) is 11.4. The quantitative estimate of drug-likeness (QED) is 0.821. The minimum atomic E-state index is -3.29. The van der Waals surface area contributed by atoms with Crippen LogP contribution in [-0.2, 0) is 16.6 Å². The van der Waals surface area contributed by atoms with Gasteiger partial charge in [0.15, 0.2) is 10.6 Å². The third-order valence-corrected chi connectivity index (χ3v) is 4.62. The fourth-order valence-electron chi connectivity index (χ4n) is 1.99. The van der Waals surface area contributed by atoms with Gasteiger partial charge in [0, 0.05) is 12.1 Å². The molecule has 6 nitrogen and oxygen atoms in total. The molecule has 20 heavy (non-hydrogen) atoms. The number of hydrogen-bond donors (Lipinski definition) is 2. The Morgan fingerprint density at radius 3 is 2.80 bits per heavy atom. The van der Waals surface area contributed by atoms with Crippen LogP contribution in [0.5, 0.6) is 0 Å². The number of nitrogens with zero attached hydrogens (tertiary/aromatic N) is 2. The van der Waals surface area contributed by atoms with Crippen molar-refractivity contribution in [3.8, 4) is 10.7 Å². The van der Waals surface area contributed by atoms with Crippen LogP contribution in [0.15, 0.2) is 17.5 Å². The number of hydrogen-bond acceptors (Lipinski definition) is 5. The molecule has 110 valence electrons. The van der Waals surface area contributed by atoms with E-state index in [4.69, 9.17) is 12.2 Å². The molecule has 0 aromatic carbocycles. The molecule has 0 atom stereocenters.